The Bertz CT molecular complexity index is 1380. The number of carbonyl (C=O) groups excluding carboxylic acids is 2. The van der Waals surface area contributed by atoms with Gasteiger partial charge in [0.05, 0.1) is 0 Å². The van der Waals surface area contributed by atoms with E-state index in [1.54, 1.807) is 53.4 Å². The van der Waals surface area contributed by atoms with Gasteiger partial charge in [-0.15, -0.1) is 0 Å². The molecule has 0 heterocycles. The van der Waals surface area contributed by atoms with Crippen LogP contribution in [0.1, 0.15) is 27.6 Å². The van der Waals surface area contributed by atoms with Crippen LogP contribution >= 0.6 is 12.2 Å². The Morgan fingerprint density at radius 3 is 1.85 bits per heavy atom. The first kappa shape index (κ1) is 27.3. The van der Waals surface area contributed by atoms with Crippen molar-refractivity contribution in [1.82, 2.24) is 5.32 Å². The molecule has 4 rings (SSSR count). The third kappa shape index (κ3) is 7.90. The average molecular weight is 540 g/mol. The normalized spacial score (nSPS) is 10.3. The Kier molecular flexibility index (Phi) is 9.63. The van der Waals surface area contributed by atoms with Crippen LogP contribution in [-0.2, 0) is 0 Å². The molecular formula is C31H29N3O4S. The Morgan fingerprint density at radius 1 is 0.718 bits per heavy atom. The average Bonchev–Trinajstić information content (AvgIpc) is 2.97. The molecular weight excluding hydrogens is 510 g/mol. The molecule has 0 aliphatic carbocycles. The Labute approximate surface area is 233 Å². The first-order valence-electron chi connectivity index (χ1n) is 12.5. The second-order valence-electron chi connectivity index (χ2n) is 8.40. The van der Waals surface area contributed by atoms with Gasteiger partial charge in [-0.3, -0.25) is 14.9 Å². The maximum absolute atomic E-state index is 13.0. The van der Waals surface area contributed by atoms with Gasteiger partial charge in [0.25, 0.3) is 11.8 Å². The highest BCUT2D eigenvalue weighted by Crippen LogP contribution is 2.18. The number of para-hydroxylation sites is 2. The number of hydrogen-bond acceptors (Lipinski definition) is 5. The maximum atomic E-state index is 13.0. The van der Waals surface area contributed by atoms with Crippen LogP contribution in [0.3, 0.4) is 0 Å². The van der Waals surface area contributed by atoms with Crippen molar-refractivity contribution in [3.63, 3.8) is 0 Å². The fraction of sp³-hybridized carbons (Fsp3) is 0.129. The number of anilines is 2. The van der Waals surface area contributed by atoms with E-state index >= 15 is 0 Å². The summed E-state index contributed by atoms with van der Waals surface area (Å²) < 4.78 is 11.3. The Hall–Kier alpha value is -4.69. The van der Waals surface area contributed by atoms with E-state index in [-0.39, 0.29) is 16.9 Å². The lowest BCUT2D eigenvalue weighted by molar-refractivity contribution is 0.0973. The highest BCUT2D eigenvalue weighted by molar-refractivity contribution is 7.80. The molecule has 0 atom stereocenters. The van der Waals surface area contributed by atoms with Gasteiger partial charge in [-0.1, -0.05) is 36.4 Å². The topological polar surface area (TPSA) is 79.9 Å². The molecule has 0 bridgehead atoms. The number of benzene rings is 4. The molecule has 0 aliphatic rings. The predicted octanol–water partition coefficient (Wildman–Crippen LogP) is 5.94. The lowest BCUT2D eigenvalue weighted by Gasteiger charge is -2.21. The minimum absolute atomic E-state index is 0.0951. The number of thiocarbonyl (C=S) groups is 1. The summed E-state index contributed by atoms with van der Waals surface area (Å²) in [7, 11) is 0. The van der Waals surface area contributed by atoms with Crippen molar-refractivity contribution < 1.29 is 19.1 Å². The molecule has 0 unspecified atom stereocenters. The van der Waals surface area contributed by atoms with E-state index in [0.717, 1.165) is 11.4 Å². The molecule has 39 heavy (non-hydrogen) atoms. The number of amides is 2. The molecule has 4 aromatic carbocycles. The number of carbonyl (C=O) groups is 2. The minimum atomic E-state index is -0.347. The number of nitrogens with zero attached hydrogens (tertiary/aromatic N) is 1. The first-order valence-corrected chi connectivity index (χ1v) is 12.9. The maximum Gasteiger partial charge on any atom is 0.258 e. The van der Waals surface area contributed by atoms with E-state index in [4.69, 9.17) is 21.7 Å². The van der Waals surface area contributed by atoms with Crippen LogP contribution in [0.15, 0.2) is 109 Å². The van der Waals surface area contributed by atoms with Gasteiger partial charge in [0.1, 0.15) is 24.7 Å². The first-order chi connectivity index (χ1) is 19.0. The Morgan fingerprint density at radius 2 is 1.26 bits per heavy atom. The lowest BCUT2D eigenvalue weighted by atomic mass is 10.1. The zero-order chi connectivity index (χ0) is 27.5. The predicted molar refractivity (Wildman–Crippen MR) is 158 cm³/mol. The summed E-state index contributed by atoms with van der Waals surface area (Å²) in [6, 6.07) is 32.8. The zero-order valence-electron chi connectivity index (χ0n) is 21.5. The van der Waals surface area contributed by atoms with E-state index in [1.165, 1.54) is 0 Å². The molecule has 0 aliphatic heterocycles. The van der Waals surface area contributed by atoms with Crippen molar-refractivity contribution in [1.29, 1.82) is 0 Å². The molecule has 8 heteroatoms. The number of nitrogens with one attached hydrogen (secondary N) is 2. The van der Waals surface area contributed by atoms with Crippen molar-refractivity contribution in [2.45, 2.75) is 6.92 Å². The van der Waals surface area contributed by atoms with Gasteiger partial charge in [-0.25, -0.2) is 0 Å². The summed E-state index contributed by atoms with van der Waals surface area (Å²) in [5, 5.41) is 5.80. The molecule has 2 N–H and O–H groups in total. The van der Waals surface area contributed by atoms with Gasteiger partial charge in [-0.05, 0) is 91.9 Å². The van der Waals surface area contributed by atoms with Gasteiger partial charge in [0.15, 0.2) is 5.11 Å². The molecule has 0 aromatic heterocycles. The highest BCUT2D eigenvalue weighted by Gasteiger charge is 2.16. The number of rotatable bonds is 10. The summed E-state index contributed by atoms with van der Waals surface area (Å²) in [5.74, 6) is 0.975. The van der Waals surface area contributed by atoms with E-state index in [1.807, 2.05) is 67.6 Å². The van der Waals surface area contributed by atoms with E-state index in [9.17, 15) is 9.59 Å². The van der Waals surface area contributed by atoms with Crippen molar-refractivity contribution in [2.24, 2.45) is 0 Å². The second-order valence-corrected chi connectivity index (χ2v) is 8.81. The third-order valence-electron chi connectivity index (χ3n) is 5.73. The molecule has 198 valence electrons. The standard InChI is InChI=1S/C31H29N3O4S/c1-2-34(26-9-5-3-6-10-26)30(36)24-13-17-25(18-14-24)32-31(39)33-29(35)23-15-19-28(20-16-23)38-22-21-37-27-11-7-4-8-12-27/h3-20H,2,21-22H2,1H3,(H2,32,33,35,39). The lowest BCUT2D eigenvalue weighted by Crippen LogP contribution is -2.34. The van der Waals surface area contributed by atoms with Crippen molar-refractivity contribution in [3.8, 4) is 11.5 Å². The fourth-order valence-corrected chi connectivity index (χ4v) is 3.99. The molecule has 0 radical (unpaired) electrons. The van der Waals surface area contributed by atoms with Crippen molar-refractivity contribution in [2.75, 3.05) is 30.0 Å². The zero-order valence-corrected chi connectivity index (χ0v) is 22.3. The molecule has 0 saturated carbocycles. The molecule has 0 saturated heterocycles. The van der Waals surface area contributed by atoms with Crippen LogP contribution in [0.25, 0.3) is 0 Å². The van der Waals surface area contributed by atoms with E-state index < -0.39 is 0 Å². The second kappa shape index (κ2) is 13.7. The minimum Gasteiger partial charge on any atom is -0.490 e. The third-order valence-corrected chi connectivity index (χ3v) is 5.93. The fourth-order valence-electron chi connectivity index (χ4n) is 3.78. The van der Waals surface area contributed by atoms with Gasteiger partial charge in [-0.2, -0.15) is 0 Å². The SMILES string of the molecule is CCN(C(=O)c1ccc(NC(=S)NC(=O)c2ccc(OCCOc3ccccc3)cc2)cc1)c1ccccc1. The summed E-state index contributed by atoms with van der Waals surface area (Å²) in [4.78, 5) is 27.3. The summed E-state index contributed by atoms with van der Waals surface area (Å²) in [6.45, 7) is 3.27. The van der Waals surface area contributed by atoms with Crippen LogP contribution in [0.4, 0.5) is 11.4 Å². The van der Waals surface area contributed by atoms with Crippen LogP contribution < -0.4 is 25.0 Å². The molecule has 0 fully saturated rings. The van der Waals surface area contributed by atoms with Gasteiger partial charge < -0.3 is 19.7 Å². The summed E-state index contributed by atoms with van der Waals surface area (Å²) >= 11 is 5.30. The molecule has 7 nitrogen and oxygen atoms in total. The number of ether oxygens (including phenoxy) is 2. The van der Waals surface area contributed by atoms with Crippen LogP contribution in [0, 0.1) is 0 Å². The van der Waals surface area contributed by atoms with Crippen LogP contribution in [0.2, 0.25) is 0 Å². The van der Waals surface area contributed by atoms with Gasteiger partial charge >= 0.3 is 0 Å². The van der Waals surface area contributed by atoms with Crippen molar-refractivity contribution >= 4 is 40.5 Å². The van der Waals surface area contributed by atoms with Crippen LogP contribution in [0.5, 0.6) is 11.5 Å². The van der Waals surface area contributed by atoms with E-state index in [0.29, 0.717) is 42.3 Å². The smallest absolute Gasteiger partial charge is 0.258 e. The summed E-state index contributed by atoms with van der Waals surface area (Å²) in [5.41, 5.74) is 2.48. The number of hydrogen-bond donors (Lipinski definition) is 2. The molecule has 2 amide bonds. The monoisotopic (exact) mass is 539 g/mol. The largest absolute Gasteiger partial charge is 0.490 e. The molecule has 0 spiro atoms. The van der Waals surface area contributed by atoms with Gasteiger partial charge in [0, 0.05) is 29.0 Å². The highest BCUT2D eigenvalue weighted by atomic mass is 32.1. The van der Waals surface area contributed by atoms with Crippen LogP contribution in [-0.4, -0.2) is 36.7 Å². The molecule has 4 aromatic rings. The van der Waals surface area contributed by atoms with E-state index in [2.05, 4.69) is 10.6 Å². The van der Waals surface area contributed by atoms with Gasteiger partial charge in [0.2, 0.25) is 0 Å². The quantitative estimate of drug-likeness (QED) is 0.192. The summed E-state index contributed by atoms with van der Waals surface area (Å²) in [6.07, 6.45) is 0. The Balaban J connectivity index is 1.24. The van der Waals surface area contributed by atoms with Crippen molar-refractivity contribution in [3.05, 3.63) is 120 Å².